The average Bonchev–Trinajstić information content (AvgIpc) is 3.67. The summed E-state index contributed by atoms with van der Waals surface area (Å²) in [5.41, 5.74) is 0.630. The number of rotatable bonds is 12. The molecule has 0 bridgehead atoms. The molecule has 3 amide bonds. The molecule has 9 heteroatoms. The molecule has 46 heavy (non-hydrogen) atoms. The predicted molar refractivity (Wildman–Crippen MR) is 180 cm³/mol. The van der Waals surface area contributed by atoms with Crippen molar-refractivity contribution in [2.45, 2.75) is 111 Å². The van der Waals surface area contributed by atoms with E-state index >= 15 is 0 Å². The zero-order valence-electron chi connectivity index (χ0n) is 28.8. The van der Waals surface area contributed by atoms with Crippen LogP contribution in [0.2, 0.25) is 0 Å². The first-order chi connectivity index (χ1) is 21.4. The molecule has 5 atom stereocenters. The highest BCUT2D eigenvalue weighted by Crippen LogP contribution is 2.41. The van der Waals surface area contributed by atoms with Crippen molar-refractivity contribution in [1.29, 1.82) is 0 Å². The van der Waals surface area contributed by atoms with Gasteiger partial charge in [0.05, 0.1) is 0 Å². The number of carbonyl (C=O) groups excluding carboxylic acids is 4. The zero-order chi connectivity index (χ0) is 34.4. The van der Waals surface area contributed by atoms with Crippen LogP contribution in [0.25, 0.3) is 6.08 Å². The molecule has 0 spiro atoms. The Bertz CT molecular complexity index is 1390. The monoisotopic (exact) mass is 633 g/mol. The first-order valence-electron chi connectivity index (χ1n) is 16.0. The van der Waals surface area contributed by atoms with E-state index in [1.807, 2.05) is 63.2 Å². The molecular weight excluding hydrogens is 582 g/mol. The number of hydrogen-bond donors (Lipinski definition) is 2. The van der Waals surface area contributed by atoms with Crippen LogP contribution in [-0.4, -0.2) is 58.1 Å². The summed E-state index contributed by atoms with van der Waals surface area (Å²) in [5.74, 6) is -1.70. The van der Waals surface area contributed by atoms with Crippen LogP contribution in [0.4, 0.5) is 4.79 Å². The Kier molecular flexibility index (Phi) is 11.8. The number of carbonyl (C=O) groups is 4. The molecule has 9 nitrogen and oxygen atoms in total. The number of alkyl carbamates (subject to hydrolysis) is 1. The fraction of sp³-hybridized carbons (Fsp3) is 0.514. The summed E-state index contributed by atoms with van der Waals surface area (Å²) >= 11 is 0. The van der Waals surface area contributed by atoms with Gasteiger partial charge in [0.2, 0.25) is 11.8 Å². The van der Waals surface area contributed by atoms with E-state index in [0.717, 1.165) is 11.1 Å². The summed E-state index contributed by atoms with van der Waals surface area (Å²) in [6, 6.07) is 13.3. The van der Waals surface area contributed by atoms with Crippen LogP contribution in [0.3, 0.4) is 0 Å². The highest BCUT2D eigenvalue weighted by atomic mass is 16.6. The molecule has 1 aliphatic carbocycles. The van der Waals surface area contributed by atoms with Gasteiger partial charge in [-0.2, -0.15) is 0 Å². The lowest BCUT2D eigenvalue weighted by Gasteiger charge is -2.37. The first kappa shape index (κ1) is 36.3. The maximum atomic E-state index is 14.6. The van der Waals surface area contributed by atoms with Crippen molar-refractivity contribution in [3.05, 3.63) is 77.9 Å². The van der Waals surface area contributed by atoms with E-state index in [2.05, 4.69) is 17.2 Å². The topological polar surface area (TPSA) is 114 Å². The van der Waals surface area contributed by atoms with Gasteiger partial charge in [0.1, 0.15) is 29.3 Å². The predicted octanol–water partition coefficient (Wildman–Crippen LogP) is 6.23. The minimum absolute atomic E-state index is 0.127. The van der Waals surface area contributed by atoms with E-state index in [0.29, 0.717) is 12.0 Å². The minimum atomic E-state index is -1.11. The molecule has 0 aliphatic heterocycles. The summed E-state index contributed by atoms with van der Waals surface area (Å²) in [6.45, 7) is 20.1. The molecule has 1 fully saturated rings. The Morgan fingerprint density at radius 3 is 2.07 bits per heavy atom. The van der Waals surface area contributed by atoms with Crippen molar-refractivity contribution in [2.24, 2.45) is 11.8 Å². The van der Waals surface area contributed by atoms with E-state index in [-0.39, 0.29) is 24.3 Å². The second-order valence-corrected chi connectivity index (χ2v) is 14.5. The molecule has 2 aromatic rings. The molecule has 1 saturated carbocycles. The van der Waals surface area contributed by atoms with Crippen LogP contribution in [0, 0.1) is 11.8 Å². The molecule has 3 rings (SSSR count). The zero-order valence-corrected chi connectivity index (χ0v) is 28.8. The van der Waals surface area contributed by atoms with E-state index in [9.17, 15) is 19.2 Å². The van der Waals surface area contributed by atoms with Gasteiger partial charge in [0.15, 0.2) is 0 Å². The Morgan fingerprint density at radius 2 is 1.54 bits per heavy atom. The van der Waals surface area contributed by atoms with E-state index in [1.54, 1.807) is 64.7 Å². The molecule has 250 valence electrons. The van der Waals surface area contributed by atoms with Crippen molar-refractivity contribution < 1.29 is 28.7 Å². The standard InChI is InChI=1S/C37H51N3O6/c1-11-25-18-15-19-27(21-25)31(32(41)38-28(34(43)45-36(5,6)7)22-26-16-13-12-14-17-26)40(29-20-24(29)4)33(42)30(23(2)3)39-35(44)46-37(8,9)10/h11-19,21,23-24,28-31H,1,20,22H2,2-10H3,(H,38,41)(H,39,44). The van der Waals surface area contributed by atoms with Gasteiger partial charge in [-0.3, -0.25) is 9.59 Å². The molecule has 2 N–H and O–H groups in total. The highest BCUT2D eigenvalue weighted by Gasteiger charge is 2.49. The van der Waals surface area contributed by atoms with E-state index < -0.39 is 53.2 Å². The molecule has 0 aromatic heterocycles. The van der Waals surface area contributed by atoms with Gasteiger partial charge in [0.25, 0.3) is 0 Å². The number of nitrogens with zero attached hydrogens (tertiary/aromatic N) is 1. The van der Waals surface area contributed by atoms with Crippen molar-refractivity contribution in [2.75, 3.05) is 0 Å². The van der Waals surface area contributed by atoms with Crippen LogP contribution in [-0.2, 0) is 30.3 Å². The highest BCUT2D eigenvalue weighted by molar-refractivity contribution is 5.94. The maximum absolute atomic E-state index is 14.6. The number of amides is 3. The largest absolute Gasteiger partial charge is 0.458 e. The van der Waals surface area contributed by atoms with Crippen molar-refractivity contribution in [3.8, 4) is 0 Å². The summed E-state index contributed by atoms with van der Waals surface area (Å²) < 4.78 is 11.2. The van der Waals surface area contributed by atoms with Crippen molar-refractivity contribution >= 4 is 30.0 Å². The molecule has 1 aliphatic rings. The van der Waals surface area contributed by atoms with Crippen LogP contribution < -0.4 is 10.6 Å². The number of nitrogens with one attached hydrogen (secondary N) is 2. The summed E-state index contributed by atoms with van der Waals surface area (Å²) in [6.07, 6.45) is 1.84. The summed E-state index contributed by atoms with van der Waals surface area (Å²) in [5, 5.41) is 5.71. The van der Waals surface area contributed by atoms with Gasteiger partial charge in [-0.1, -0.05) is 82.0 Å². The lowest BCUT2D eigenvalue weighted by molar-refractivity contribution is -0.159. The van der Waals surface area contributed by atoms with E-state index in [1.165, 1.54) is 0 Å². The van der Waals surface area contributed by atoms with Gasteiger partial charge in [0, 0.05) is 12.5 Å². The third-order valence-corrected chi connectivity index (χ3v) is 7.56. The fourth-order valence-electron chi connectivity index (χ4n) is 5.24. The normalized spacial score (nSPS) is 18.0. The first-order valence-corrected chi connectivity index (χ1v) is 16.0. The lowest BCUT2D eigenvalue weighted by Crippen LogP contribution is -2.57. The third kappa shape index (κ3) is 10.5. The van der Waals surface area contributed by atoms with E-state index in [4.69, 9.17) is 9.47 Å². The summed E-state index contributed by atoms with van der Waals surface area (Å²) in [7, 11) is 0. The van der Waals surface area contributed by atoms with Gasteiger partial charge < -0.3 is 25.0 Å². The quantitative estimate of drug-likeness (QED) is 0.268. The second kappa shape index (κ2) is 15.0. The molecule has 5 unspecified atom stereocenters. The number of benzene rings is 2. The number of esters is 1. The van der Waals surface area contributed by atoms with Gasteiger partial charge in [-0.25, -0.2) is 9.59 Å². The fourth-order valence-corrected chi connectivity index (χ4v) is 5.24. The Balaban J connectivity index is 2.08. The molecule has 2 aromatic carbocycles. The van der Waals surface area contributed by atoms with Gasteiger partial charge in [-0.05, 0) is 82.6 Å². The second-order valence-electron chi connectivity index (χ2n) is 14.5. The minimum Gasteiger partial charge on any atom is -0.458 e. The average molecular weight is 634 g/mol. The Labute approximate surface area is 274 Å². The number of hydrogen-bond acceptors (Lipinski definition) is 6. The van der Waals surface area contributed by atoms with Crippen LogP contribution in [0.1, 0.15) is 91.5 Å². The molecular formula is C37H51N3O6. The summed E-state index contributed by atoms with van der Waals surface area (Å²) in [4.78, 5) is 57.1. The lowest BCUT2D eigenvalue weighted by atomic mass is 9.96. The maximum Gasteiger partial charge on any atom is 0.408 e. The van der Waals surface area contributed by atoms with Gasteiger partial charge in [-0.15, -0.1) is 0 Å². The third-order valence-electron chi connectivity index (χ3n) is 7.56. The molecule has 0 heterocycles. The molecule has 0 radical (unpaired) electrons. The van der Waals surface area contributed by atoms with Crippen molar-refractivity contribution in [1.82, 2.24) is 15.5 Å². The van der Waals surface area contributed by atoms with Gasteiger partial charge >= 0.3 is 12.1 Å². The number of ether oxygens (including phenoxy) is 2. The SMILES string of the molecule is C=Cc1cccc(C(C(=O)NC(Cc2ccccc2)C(=O)OC(C)(C)C)N(C(=O)C(NC(=O)OC(C)(C)C)C(C)C)C2CC2C)c1. The van der Waals surface area contributed by atoms with Crippen molar-refractivity contribution in [3.63, 3.8) is 0 Å². The van der Waals surface area contributed by atoms with Crippen LogP contribution in [0.15, 0.2) is 61.2 Å². The smallest absolute Gasteiger partial charge is 0.408 e. The molecule has 0 saturated heterocycles. The Hall–Kier alpha value is -4.14. The van der Waals surface area contributed by atoms with Crippen LogP contribution in [0.5, 0.6) is 0 Å². The van der Waals surface area contributed by atoms with Crippen LogP contribution >= 0.6 is 0 Å². The Morgan fingerprint density at radius 1 is 0.935 bits per heavy atom.